The number of hydrogen-bond acceptors (Lipinski definition) is 2. The first kappa shape index (κ1) is 24.8. The normalized spacial score (nSPS) is 14.1. The van der Waals surface area contributed by atoms with Crippen LogP contribution in [0.1, 0.15) is 105 Å². The topological polar surface area (TPSA) is 26.3 Å². The van der Waals surface area contributed by atoms with Gasteiger partial charge in [-0.05, 0) is 30.5 Å². The van der Waals surface area contributed by atoms with Crippen LogP contribution in [0.4, 0.5) is 0 Å². The summed E-state index contributed by atoms with van der Waals surface area (Å²) in [5.41, 5.74) is 0. The van der Waals surface area contributed by atoms with E-state index >= 15 is 0 Å². The third kappa shape index (κ3) is 12.8. The quantitative estimate of drug-likeness (QED) is 0.169. The van der Waals surface area contributed by atoms with Gasteiger partial charge >= 0.3 is 0 Å². The van der Waals surface area contributed by atoms with E-state index in [1.165, 1.54) is 57.8 Å². The van der Waals surface area contributed by atoms with Gasteiger partial charge in [0.05, 0.1) is 0 Å². The summed E-state index contributed by atoms with van der Waals surface area (Å²) >= 11 is 0. The minimum absolute atomic E-state index is 0.170. The third-order valence-electron chi connectivity index (χ3n) is 5.67. The summed E-state index contributed by atoms with van der Waals surface area (Å²) in [4.78, 5) is 11.3. The largest absolute Gasteiger partial charge is 0.407 e. The molecular weight excluding hydrogens is 324 g/mol. The maximum Gasteiger partial charge on any atom is 0.193 e. The highest BCUT2D eigenvalue weighted by Crippen LogP contribution is 2.37. The molecule has 0 aromatic heterocycles. The van der Waals surface area contributed by atoms with Crippen LogP contribution >= 0.6 is 0 Å². The van der Waals surface area contributed by atoms with Gasteiger partial charge in [-0.25, -0.2) is 0 Å². The zero-order valence-corrected chi connectivity index (χ0v) is 19.3. The van der Waals surface area contributed by atoms with Crippen LogP contribution in [0.5, 0.6) is 0 Å². The monoisotopic (exact) mass is 370 g/mol. The van der Waals surface area contributed by atoms with E-state index in [0.717, 1.165) is 25.0 Å². The van der Waals surface area contributed by atoms with Crippen molar-refractivity contribution >= 4 is 14.6 Å². The standard InChI is InChI=1S/C22H46O2Si/c1-20(2)17-15-13-11-9-8-10-12-14-16-18-21(19-23)24-25(6,7)22(3,4)5/h19-21H,8-18H2,1-7H3/t21-/m1/s1. The van der Waals surface area contributed by atoms with Crippen LogP contribution in [0.25, 0.3) is 0 Å². The van der Waals surface area contributed by atoms with E-state index in [2.05, 4.69) is 47.7 Å². The van der Waals surface area contributed by atoms with Gasteiger partial charge in [-0.3, -0.25) is 0 Å². The Morgan fingerprint density at radius 2 is 1.20 bits per heavy atom. The molecule has 0 amide bonds. The van der Waals surface area contributed by atoms with E-state index in [0.29, 0.717) is 0 Å². The van der Waals surface area contributed by atoms with Gasteiger partial charge < -0.3 is 9.22 Å². The summed E-state index contributed by atoms with van der Waals surface area (Å²) in [5, 5.41) is 0.170. The summed E-state index contributed by atoms with van der Waals surface area (Å²) in [6.07, 6.45) is 15.1. The number of carbonyl (C=O) groups is 1. The highest BCUT2D eigenvalue weighted by Gasteiger charge is 2.38. The smallest absolute Gasteiger partial charge is 0.193 e. The summed E-state index contributed by atoms with van der Waals surface area (Å²) < 4.78 is 6.22. The molecule has 1 atom stereocenters. The fourth-order valence-electron chi connectivity index (χ4n) is 2.85. The Labute approximate surface area is 159 Å². The lowest BCUT2D eigenvalue weighted by Crippen LogP contribution is -2.44. The molecule has 0 radical (unpaired) electrons. The first-order valence-electron chi connectivity index (χ1n) is 10.7. The van der Waals surface area contributed by atoms with Crippen molar-refractivity contribution in [3.05, 3.63) is 0 Å². The van der Waals surface area contributed by atoms with Gasteiger partial charge in [-0.1, -0.05) is 98.8 Å². The van der Waals surface area contributed by atoms with Crippen molar-refractivity contribution in [1.82, 2.24) is 0 Å². The molecule has 0 spiro atoms. The van der Waals surface area contributed by atoms with Crippen molar-refractivity contribution in [1.29, 1.82) is 0 Å². The lowest BCUT2D eigenvalue weighted by molar-refractivity contribution is -0.114. The summed E-state index contributed by atoms with van der Waals surface area (Å²) in [6, 6.07) is 0. The van der Waals surface area contributed by atoms with Gasteiger partial charge in [0.1, 0.15) is 12.4 Å². The summed E-state index contributed by atoms with van der Waals surface area (Å²) in [6.45, 7) is 15.8. The Morgan fingerprint density at radius 3 is 1.56 bits per heavy atom. The molecule has 0 N–H and O–H groups in total. The molecule has 0 aromatic rings. The predicted octanol–water partition coefficient (Wildman–Crippen LogP) is 7.52. The van der Waals surface area contributed by atoms with E-state index in [-0.39, 0.29) is 11.1 Å². The second-order valence-corrected chi connectivity index (χ2v) is 14.5. The number of hydrogen-bond donors (Lipinski definition) is 0. The number of unbranched alkanes of at least 4 members (excludes halogenated alkanes) is 8. The Morgan fingerprint density at radius 1 is 0.800 bits per heavy atom. The molecule has 0 aliphatic heterocycles. The van der Waals surface area contributed by atoms with Gasteiger partial charge in [-0.2, -0.15) is 0 Å². The molecule has 3 heteroatoms. The Balaban J connectivity index is 3.64. The zero-order chi connectivity index (χ0) is 19.3. The number of carbonyl (C=O) groups excluding carboxylic acids is 1. The Bertz CT molecular complexity index is 331. The molecule has 0 fully saturated rings. The van der Waals surface area contributed by atoms with Crippen LogP contribution in [0, 0.1) is 5.92 Å². The van der Waals surface area contributed by atoms with Gasteiger partial charge in [0, 0.05) is 0 Å². The average molecular weight is 371 g/mol. The van der Waals surface area contributed by atoms with Crippen LogP contribution in [0.2, 0.25) is 18.1 Å². The van der Waals surface area contributed by atoms with Gasteiger partial charge in [0.2, 0.25) is 0 Å². The first-order chi connectivity index (χ1) is 11.6. The van der Waals surface area contributed by atoms with Crippen LogP contribution in [0.15, 0.2) is 0 Å². The minimum atomic E-state index is -1.82. The third-order valence-corrected chi connectivity index (χ3v) is 10.2. The van der Waals surface area contributed by atoms with Gasteiger partial charge in [0.15, 0.2) is 8.32 Å². The van der Waals surface area contributed by atoms with Crippen molar-refractivity contribution in [2.45, 2.75) is 129 Å². The molecule has 0 saturated carbocycles. The SMILES string of the molecule is CC(C)CCCCCCCCCCC[C@H](C=O)O[Si](C)(C)C(C)(C)C. The van der Waals surface area contributed by atoms with Crippen LogP contribution in [-0.4, -0.2) is 20.7 Å². The van der Waals surface area contributed by atoms with Crippen LogP contribution < -0.4 is 0 Å². The highest BCUT2D eigenvalue weighted by atomic mass is 28.4. The summed E-state index contributed by atoms with van der Waals surface area (Å²) in [7, 11) is -1.82. The summed E-state index contributed by atoms with van der Waals surface area (Å²) in [5.74, 6) is 0.857. The second-order valence-electron chi connectivity index (χ2n) is 9.71. The molecular formula is C22H46O2Si. The highest BCUT2D eigenvalue weighted by molar-refractivity contribution is 6.74. The molecule has 0 unspecified atom stereocenters. The lowest BCUT2D eigenvalue weighted by atomic mass is 10.0. The van der Waals surface area contributed by atoms with Gasteiger partial charge in [-0.15, -0.1) is 0 Å². The number of aldehydes is 1. The average Bonchev–Trinajstić information content (AvgIpc) is 2.49. The van der Waals surface area contributed by atoms with Crippen molar-refractivity contribution in [3.63, 3.8) is 0 Å². The van der Waals surface area contributed by atoms with E-state index in [1.54, 1.807) is 0 Å². The number of rotatable bonds is 15. The van der Waals surface area contributed by atoms with Crippen molar-refractivity contribution in [2.24, 2.45) is 5.92 Å². The van der Waals surface area contributed by atoms with Crippen LogP contribution in [0.3, 0.4) is 0 Å². The molecule has 0 aliphatic rings. The molecule has 0 heterocycles. The molecule has 0 saturated heterocycles. The first-order valence-corrected chi connectivity index (χ1v) is 13.6. The van der Waals surface area contributed by atoms with Crippen molar-refractivity contribution in [2.75, 3.05) is 0 Å². The fraction of sp³-hybridized carbons (Fsp3) is 0.955. The Hall–Kier alpha value is -0.153. The van der Waals surface area contributed by atoms with E-state index < -0.39 is 8.32 Å². The molecule has 25 heavy (non-hydrogen) atoms. The maximum absolute atomic E-state index is 11.3. The zero-order valence-electron chi connectivity index (χ0n) is 18.3. The molecule has 150 valence electrons. The molecule has 0 bridgehead atoms. The van der Waals surface area contributed by atoms with Gasteiger partial charge in [0.25, 0.3) is 0 Å². The molecule has 0 aliphatic carbocycles. The van der Waals surface area contributed by atoms with Crippen LogP contribution in [-0.2, 0) is 9.22 Å². The lowest BCUT2D eigenvalue weighted by Gasteiger charge is -2.38. The maximum atomic E-state index is 11.3. The van der Waals surface area contributed by atoms with E-state index in [4.69, 9.17) is 4.43 Å². The second kappa shape index (κ2) is 13.1. The molecule has 0 aromatic carbocycles. The van der Waals surface area contributed by atoms with E-state index in [1.807, 2.05) is 0 Å². The molecule has 0 rings (SSSR count). The molecule has 2 nitrogen and oxygen atoms in total. The predicted molar refractivity (Wildman–Crippen MR) is 114 cm³/mol. The van der Waals surface area contributed by atoms with Crippen molar-refractivity contribution in [3.8, 4) is 0 Å². The minimum Gasteiger partial charge on any atom is -0.407 e. The van der Waals surface area contributed by atoms with Crippen molar-refractivity contribution < 1.29 is 9.22 Å². The fourth-order valence-corrected chi connectivity index (χ4v) is 4.13. The van der Waals surface area contributed by atoms with E-state index in [9.17, 15) is 4.79 Å². The Kier molecular flexibility index (Phi) is 13.0.